The molecule has 0 bridgehead atoms. The van der Waals surface area contributed by atoms with E-state index in [0.29, 0.717) is 13.1 Å². The second-order valence-corrected chi connectivity index (χ2v) is 6.21. The van der Waals surface area contributed by atoms with Gasteiger partial charge in [-0.15, -0.1) is 12.4 Å². The molecule has 2 N–H and O–H groups in total. The summed E-state index contributed by atoms with van der Waals surface area (Å²) in [6, 6.07) is 9.78. The van der Waals surface area contributed by atoms with Gasteiger partial charge in [-0.1, -0.05) is 31.2 Å². The van der Waals surface area contributed by atoms with Gasteiger partial charge in [0.15, 0.2) is 5.43 Å². The van der Waals surface area contributed by atoms with Gasteiger partial charge in [0.25, 0.3) is 5.91 Å². The standard InChI is InChI=1S/C19H23N3O2.ClH/c1-3-14-4-6-15(7-5-14)17-12-20-8-9-22(17)19(24)16-11-21-13(2)10-18(16)23;/h4-7,10-11,17,20H,3,8-9,12H2,1-2H3,(H,21,23);1H. The predicted octanol–water partition coefficient (Wildman–Crippen LogP) is 2.45. The monoisotopic (exact) mass is 361 g/mol. The molecule has 5 nitrogen and oxygen atoms in total. The van der Waals surface area contributed by atoms with Crippen molar-refractivity contribution in [3.63, 3.8) is 0 Å². The second-order valence-electron chi connectivity index (χ2n) is 6.21. The summed E-state index contributed by atoms with van der Waals surface area (Å²) in [5.41, 5.74) is 3.10. The number of aromatic nitrogens is 1. The van der Waals surface area contributed by atoms with E-state index >= 15 is 0 Å². The quantitative estimate of drug-likeness (QED) is 0.882. The zero-order valence-electron chi connectivity index (χ0n) is 14.5. The molecule has 0 aliphatic carbocycles. The number of hydrogen-bond acceptors (Lipinski definition) is 3. The summed E-state index contributed by atoms with van der Waals surface area (Å²) in [5, 5.41) is 3.34. The van der Waals surface area contributed by atoms with Gasteiger partial charge in [0.05, 0.1) is 6.04 Å². The molecule has 1 aromatic carbocycles. The molecular weight excluding hydrogens is 338 g/mol. The van der Waals surface area contributed by atoms with Crippen LogP contribution in [0.25, 0.3) is 0 Å². The summed E-state index contributed by atoms with van der Waals surface area (Å²) in [7, 11) is 0. The maximum atomic E-state index is 12.9. The summed E-state index contributed by atoms with van der Waals surface area (Å²) < 4.78 is 0. The number of pyridine rings is 1. The Labute approximate surface area is 153 Å². The van der Waals surface area contributed by atoms with Crippen molar-refractivity contribution in [2.24, 2.45) is 0 Å². The maximum Gasteiger partial charge on any atom is 0.259 e. The lowest BCUT2D eigenvalue weighted by Crippen LogP contribution is -2.49. The lowest BCUT2D eigenvalue weighted by atomic mass is 10.00. The Bertz CT molecular complexity index is 786. The van der Waals surface area contributed by atoms with Gasteiger partial charge in [0.2, 0.25) is 0 Å². The van der Waals surface area contributed by atoms with E-state index in [-0.39, 0.29) is 35.3 Å². The highest BCUT2D eigenvalue weighted by Gasteiger charge is 2.29. The van der Waals surface area contributed by atoms with E-state index in [2.05, 4.69) is 41.5 Å². The Morgan fingerprint density at radius 3 is 2.64 bits per heavy atom. The largest absolute Gasteiger partial charge is 0.364 e. The zero-order chi connectivity index (χ0) is 17.1. The van der Waals surface area contributed by atoms with Crippen LogP contribution in [0.1, 0.15) is 40.1 Å². The van der Waals surface area contributed by atoms with E-state index in [0.717, 1.165) is 24.2 Å². The SMILES string of the molecule is CCc1ccc(C2CNCCN2C(=O)c2c[nH]c(C)cc2=O)cc1.Cl. The van der Waals surface area contributed by atoms with Crippen LogP contribution >= 0.6 is 12.4 Å². The molecule has 1 aliphatic heterocycles. The molecule has 0 spiro atoms. The van der Waals surface area contributed by atoms with E-state index < -0.39 is 0 Å². The number of hydrogen-bond donors (Lipinski definition) is 2. The summed E-state index contributed by atoms with van der Waals surface area (Å²) in [6.07, 6.45) is 2.52. The number of nitrogens with zero attached hydrogens (tertiary/aromatic N) is 1. The maximum absolute atomic E-state index is 12.9. The van der Waals surface area contributed by atoms with Crippen molar-refractivity contribution < 1.29 is 4.79 Å². The Morgan fingerprint density at radius 2 is 2.00 bits per heavy atom. The Hall–Kier alpha value is -2.11. The zero-order valence-corrected chi connectivity index (χ0v) is 15.4. The van der Waals surface area contributed by atoms with E-state index in [1.807, 2.05) is 0 Å². The topological polar surface area (TPSA) is 65.2 Å². The Balaban J connectivity index is 0.00000225. The third-order valence-electron chi connectivity index (χ3n) is 4.56. The number of piperazine rings is 1. The molecule has 0 radical (unpaired) electrons. The van der Waals surface area contributed by atoms with Crippen LogP contribution < -0.4 is 10.7 Å². The van der Waals surface area contributed by atoms with Crippen LogP contribution in [0, 0.1) is 6.92 Å². The Kier molecular flexibility index (Phi) is 6.39. The van der Waals surface area contributed by atoms with Crippen LogP contribution in [0.15, 0.2) is 41.3 Å². The van der Waals surface area contributed by atoms with Crippen molar-refractivity contribution in [3.05, 3.63) is 69.1 Å². The molecule has 2 heterocycles. The van der Waals surface area contributed by atoms with Crippen molar-refractivity contribution in [3.8, 4) is 0 Å². The third-order valence-corrected chi connectivity index (χ3v) is 4.56. The first-order chi connectivity index (χ1) is 11.6. The van der Waals surface area contributed by atoms with Crippen molar-refractivity contribution in [2.75, 3.05) is 19.6 Å². The number of aryl methyl sites for hydroxylation is 2. The van der Waals surface area contributed by atoms with Crippen molar-refractivity contribution in [1.82, 2.24) is 15.2 Å². The number of benzene rings is 1. The number of rotatable bonds is 3. The number of halogens is 1. The van der Waals surface area contributed by atoms with Crippen molar-refractivity contribution >= 4 is 18.3 Å². The number of aromatic amines is 1. The fourth-order valence-electron chi connectivity index (χ4n) is 3.12. The highest BCUT2D eigenvalue weighted by molar-refractivity contribution is 5.94. The fraction of sp³-hybridized carbons (Fsp3) is 0.368. The molecular formula is C19H24ClN3O2. The summed E-state index contributed by atoms with van der Waals surface area (Å²) in [4.78, 5) is 29.9. The van der Waals surface area contributed by atoms with Crippen LogP contribution in [0.5, 0.6) is 0 Å². The molecule has 2 aromatic rings. The summed E-state index contributed by atoms with van der Waals surface area (Å²) >= 11 is 0. The molecule has 6 heteroatoms. The lowest BCUT2D eigenvalue weighted by Gasteiger charge is -2.36. The summed E-state index contributed by atoms with van der Waals surface area (Å²) in [5.74, 6) is -0.206. The number of carbonyl (C=O) groups excluding carboxylic acids is 1. The highest BCUT2D eigenvalue weighted by atomic mass is 35.5. The third kappa shape index (κ3) is 4.11. The van der Waals surface area contributed by atoms with Gasteiger partial charge in [0, 0.05) is 37.6 Å². The van der Waals surface area contributed by atoms with Gasteiger partial charge < -0.3 is 15.2 Å². The lowest BCUT2D eigenvalue weighted by molar-refractivity contribution is 0.0632. The van der Waals surface area contributed by atoms with Crippen LogP contribution in [0.3, 0.4) is 0 Å². The van der Waals surface area contributed by atoms with Crippen LogP contribution in [0.2, 0.25) is 0 Å². The minimum atomic E-state index is -0.227. The van der Waals surface area contributed by atoms with E-state index in [1.54, 1.807) is 11.8 Å². The number of carbonyl (C=O) groups is 1. The second kappa shape index (κ2) is 8.32. The molecule has 1 saturated heterocycles. The molecule has 1 aromatic heterocycles. The first kappa shape index (κ1) is 19.2. The molecule has 0 saturated carbocycles. The summed E-state index contributed by atoms with van der Waals surface area (Å²) in [6.45, 7) is 5.95. The van der Waals surface area contributed by atoms with Crippen LogP contribution in [0.4, 0.5) is 0 Å². The highest BCUT2D eigenvalue weighted by Crippen LogP contribution is 2.24. The first-order valence-electron chi connectivity index (χ1n) is 8.40. The van der Waals surface area contributed by atoms with Crippen LogP contribution in [-0.4, -0.2) is 35.4 Å². The number of nitrogens with one attached hydrogen (secondary N) is 2. The number of H-pyrrole nitrogens is 1. The van der Waals surface area contributed by atoms with Gasteiger partial charge in [-0.25, -0.2) is 0 Å². The molecule has 1 amide bonds. The molecule has 1 unspecified atom stereocenters. The smallest absolute Gasteiger partial charge is 0.259 e. The van der Waals surface area contributed by atoms with Gasteiger partial charge >= 0.3 is 0 Å². The van der Waals surface area contributed by atoms with Gasteiger partial charge in [0.1, 0.15) is 5.56 Å². The minimum Gasteiger partial charge on any atom is -0.364 e. The van der Waals surface area contributed by atoms with E-state index in [9.17, 15) is 9.59 Å². The molecule has 25 heavy (non-hydrogen) atoms. The molecule has 134 valence electrons. The predicted molar refractivity (Wildman–Crippen MR) is 102 cm³/mol. The number of amides is 1. The van der Waals surface area contributed by atoms with Gasteiger partial charge in [-0.2, -0.15) is 0 Å². The average molecular weight is 362 g/mol. The van der Waals surface area contributed by atoms with E-state index in [4.69, 9.17) is 0 Å². The molecule has 1 aliphatic rings. The van der Waals surface area contributed by atoms with Crippen molar-refractivity contribution in [2.45, 2.75) is 26.3 Å². The molecule has 3 rings (SSSR count). The average Bonchev–Trinajstić information content (AvgIpc) is 2.61. The van der Waals surface area contributed by atoms with Crippen molar-refractivity contribution in [1.29, 1.82) is 0 Å². The van der Waals surface area contributed by atoms with E-state index in [1.165, 1.54) is 17.8 Å². The first-order valence-corrected chi connectivity index (χ1v) is 8.40. The van der Waals surface area contributed by atoms with Gasteiger partial charge in [-0.05, 0) is 24.5 Å². The minimum absolute atomic E-state index is 0. The van der Waals surface area contributed by atoms with Gasteiger partial charge in [-0.3, -0.25) is 9.59 Å². The fourth-order valence-corrected chi connectivity index (χ4v) is 3.12. The molecule has 1 atom stereocenters. The van der Waals surface area contributed by atoms with Crippen LogP contribution in [-0.2, 0) is 6.42 Å². The normalized spacial score (nSPS) is 17.0. The Morgan fingerprint density at radius 1 is 1.28 bits per heavy atom. The molecule has 1 fully saturated rings.